The SMILES string of the molecule is CCCCCCCCCC(CC/C=C/CCO)OCOCOC(CC/C=C/CCO)CCCCCCCCC. The van der Waals surface area contributed by atoms with Gasteiger partial charge in [0, 0.05) is 13.2 Å². The van der Waals surface area contributed by atoms with E-state index in [1.165, 1.54) is 89.9 Å². The third-order valence-corrected chi connectivity index (χ3v) is 7.27. The molecule has 5 heteroatoms. The molecule has 39 heavy (non-hydrogen) atoms. The maximum atomic E-state index is 8.97. The molecule has 2 N–H and O–H groups in total. The van der Waals surface area contributed by atoms with Crippen molar-refractivity contribution in [3.05, 3.63) is 24.3 Å². The first-order chi connectivity index (χ1) is 19.3. The predicted octanol–water partition coefficient (Wildman–Crippen LogP) is 9.41. The lowest BCUT2D eigenvalue weighted by atomic mass is 10.0. The fraction of sp³-hybridized carbons (Fsp3) is 0.882. The molecule has 0 saturated heterocycles. The van der Waals surface area contributed by atoms with Gasteiger partial charge in [-0.1, -0.05) is 128 Å². The quantitative estimate of drug-likeness (QED) is 0.0492. The van der Waals surface area contributed by atoms with Crippen LogP contribution < -0.4 is 0 Å². The lowest BCUT2D eigenvalue weighted by Gasteiger charge is -2.20. The molecule has 0 aromatic carbocycles. The zero-order chi connectivity index (χ0) is 28.5. The molecule has 2 unspecified atom stereocenters. The standard InChI is InChI=1S/C34H66O5/c1-3-5-7-9-11-13-19-25-33(27-21-15-17-23-29-35)38-31-37-32-39-34(28-22-16-18-24-30-36)26-20-14-12-10-8-6-4-2/h15-18,33-36H,3-14,19-32H2,1-2H3/b17-15+,18-16+. The molecule has 0 aliphatic carbocycles. The zero-order valence-corrected chi connectivity index (χ0v) is 26.0. The van der Waals surface area contributed by atoms with Crippen LogP contribution in [0.25, 0.3) is 0 Å². The first-order valence-corrected chi connectivity index (χ1v) is 16.6. The van der Waals surface area contributed by atoms with E-state index in [0.29, 0.717) is 0 Å². The summed E-state index contributed by atoms with van der Waals surface area (Å²) in [5.41, 5.74) is 0. The van der Waals surface area contributed by atoms with Crippen LogP contribution in [0.2, 0.25) is 0 Å². The van der Waals surface area contributed by atoms with Crippen LogP contribution in [0.3, 0.4) is 0 Å². The summed E-state index contributed by atoms with van der Waals surface area (Å²) in [5.74, 6) is 0. The minimum absolute atomic E-state index is 0.208. The van der Waals surface area contributed by atoms with Gasteiger partial charge < -0.3 is 24.4 Å². The molecule has 232 valence electrons. The van der Waals surface area contributed by atoms with Crippen molar-refractivity contribution in [2.75, 3.05) is 26.8 Å². The molecule has 0 rings (SSSR count). The summed E-state index contributed by atoms with van der Waals surface area (Å²) in [5, 5.41) is 17.9. The maximum absolute atomic E-state index is 8.97. The number of rotatable bonds is 32. The molecule has 0 aliphatic rings. The van der Waals surface area contributed by atoms with Crippen LogP contribution in [-0.2, 0) is 14.2 Å². The van der Waals surface area contributed by atoms with Crippen molar-refractivity contribution in [3.63, 3.8) is 0 Å². The Morgan fingerprint density at radius 3 is 1.21 bits per heavy atom. The molecule has 0 bridgehead atoms. The molecule has 2 atom stereocenters. The second-order valence-corrected chi connectivity index (χ2v) is 11.0. The van der Waals surface area contributed by atoms with Crippen LogP contribution in [0.1, 0.15) is 155 Å². The Bertz CT molecular complexity index is 464. The smallest absolute Gasteiger partial charge is 0.149 e. The number of aliphatic hydroxyl groups excluding tert-OH is 2. The monoisotopic (exact) mass is 554 g/mol. The number of hydrogen-bond donors (Lipinski definition) is 2. The lowest BCUT2D eigenvalue weighted by Crippen LogP contribution is -2.19. The number of ether oxygens (including phenoxy) is 3. The van der Waals surface area contributed by atoms with E-state index in [9.17, 15) is 0 Å². The van der Waals surface area contributed by atoms with E-state index in [1.54, 1.807) is 0 Å². The van der Waals surface area contributed by atoms with Gasteiger partial charge in [0.15, 0.2) is 0 Å². The topological polar surface area (TPSA) is 68.2 Å². The first kappa shape index (κ1) is 38.3. The number of unbranched alkanes of at least 4 members (excludes halogenated alkanes) is 12. The molecule has 0 saturated carbocycles. The number of hydrogen-bond acceptors (Lipinski definition) is 5. The fourth-order valence-corrected chi connectivity index (χ4v) is 4.79. The molecule has 5 nitrogen and oxygen atoms in total. The Morgan fingerprint density at radius 1 is 0.462 bits per heavy atom. The summed E-state index contributed by atoms with van der Waals surface area (Å²) in [4.78, 5) is 0. The molecule has 0 amide bonds. The first-order valence-electron chi connectivity index (χ1n) is 16.6. The molecule has 0 heterocycles. The second-order valence-electron chi connectivity index (χ2n) is 11.0. The molecule has 0 aliphatic heterocycles. The van der Waals surface area contributed by atoms with Gasteiger partial charge in [-0.05, 0) is 51.4 Å². The Morgan fingerprint density at radius 2 is 0.821 bits per heavy atom. The molecule has 0 fully saturated rings. The van der Waals surface area contributed by atoms with Gasteiger partial charge in [-0.15, -0.1) is 0 Å². The number of aliphatic hydroxyl groups is 2. The number of allylic oxidation sites excluding steroid dienone is 2. The fourth-order valence-electron chi connectivity index (χ4n) is 4.79. The van der Waals surface area contributed by atoms with Gasteiger partial charge in [-0.2, -0.15) is 0 Å². The van der Waals surface area contributed by atoms with E-state index < -0.39 is 0 Å². The van der Waals surface area contributed by atoms with Gasteiger partial charge in [0.05, 0.1) is 12.2 Å². The summed E-state index contributed by atoms with van der Waals surface area (Å²) in [7, 11) is 0. The predicted molar refractivity (Wildman–Crippen MR) is 166 cm³/mol. The van der Waals surface area contributed by atoms with E-state index in [4.69, 9.17) is 24.4 Å². The third-order valence-electron chi connectivity index (χ3n) is 7.27. The van der Waals surface area contributed by atoms with Crippen molar-refractivity contribution >= 4 is 0 Å². The van der Waals surface area contributed by atoms with Gasteiger partial charge in [0.25, 0.3) is 0 Å². The highest BCUT2D eigenvalue weighted by molar-refractivity contribution is 4.83. The van der Waals surface area contributed by atoms with Crippen LogP contribution >= 0.6 is 0 Å². The van der Waals surface area contributed by atoms with Crippen LogP contribution in [0, 0.1) is 0 Å². The highest BCUT2D eigenvalue weighted by atomic mass is 16.7. The molecular formula is C34H66O5. The zero-order valence-electron chi connectivity index (χ0n) is 26.0. The van der Waals surface area contributed by atoms with E-state index in [0.717, 1.165) is 51.4 Å². The van der Waals surface area contributed by atoms with Crippen LogP contribution in [0.5, 0.6) is 0 Å². The molecule has 0 spiro atoms. The summed E-state index contributed by atoms with van der Waals surface area (Å²) in [6, 6.07) is 0. The molecular weight excluding hydrogens is 488 g/mol. The van der Waals surface area contributed by atoms with Gasteiger partial charge in [-0.3, -0.25) is 0 Å². The Kier molecular flexibility index (Phi) is 32.9. The third kappa shape index (κ3) is 30.1. The van der Waals surface area contributed by atoms with Crippen LogP contribution in [0.15, 0.2) is 24.3 Å². The summed E-state index contributed by atoms with van der Waals surface area (Å²) in [6.45, 7) is 5.50. The van der Waals surface area contributed by atoms with Gasteiger partial charge in [0.1, 0.15) is 13.6 Å². The molecule has 0 aromatic heterocycles. The Balaban J connectivity index is 4.35. The second kappa shape index (κ2) is 33.5. The highest BCUT2D eigenvalue weighted by Gasteiger charge is 2.11. The average Bonchev–Trinajstić information content (AvgIpc) is 2.94. The van der Waals surface area contributed by atoms with Crippen molar-refractivity contribution in [3.8, 4) is 0 Å². The van der Waals surface area contributed by atoms with E-state index in [2.05, 4.69) is 38.2 Å². The largest absolute Gasteiger partial charge is 0.396 e. The van der Waals surface area contributed by atoms with Crippen molar-refractivity contribution < 1.29 is 24.4 Å². The average molecular weight is 555 g/mol. The summed E-state index contributed by atoms with van der Waals surface area (Å²) in [6.07, 6.45) is 34.7. The molecule has 0 radical (unpaired) electrons. The highest BCUT2D eigenvalue weighted by Crippen LogP contribution is 2.17. The van der Waals surface area contributed by atoms with Crippen LogP contribution in [-0.4, -0.2) is 49.2 Å². The van der Waals surface area contributed by atoms with E-state index >= 15 is 0 Å². The van der Waals surface area contributed by atoms with Gasteiger partial charge in [0.2, 0.25) is 0 Å². The van der Waals surface area contributed by atoms with Gasteiger partial charge in [-0.25, -0.2) is 0 Å². The van der Waals surface area contributed by atoms with Crippen molar-refractivity contribution in [1.82, 2.24) is 0 Å². The lowest BCUT2D eigenvalue weighted by molar-refractivity contribution is -0.167. The Hall–Kier alpha value is -0.720. The van der Waals surface area contributed by atoms with Crippen molar-refractivity contribution in [2.24, 2.45) is 0 Å². The summed E-state index contributed by atoms with van der Waals surface area (Å²) < 4.78 is 18.0. The normalized spacial score (nSPS) is 13.6. The minimum Gasteiger partial charge on any atom is -0.396 e. The van der Waals surface area contributed by atoms with Crippen molar-refractivity contribution in [1.29, 1.82) is 0 Å². The van der Waals surface area contributed by atoms with Crippen molar-refractivity contribution in [2.45, 2.75) is 167 Å². The van der Waals surface area contributed by atoms with Gasteiger partial charge >= 0.3 is 0 Å². The maximum Gasteiger partial charge on any atom is 0.149 e. The van der Waals surface area contributed by atoms with E-state index in [-0.39, 0.29) is 39.0 Å². The van der Waals surface area contributed by atoms with E-state index in [1.807, 2.05) is 0 Å². The Labute approximate surface area is 242 Å². The molecule has 0 aromatic rings. The summed E-state index contributed by atoms with van der Waals surface area (Å²) >= 11 is 0. The minimum atomic E-state index is 0.208. The van der Waals surface area contributed by atoms with Crippen LogP contribution in [0.4, 0.5) is 0 Å².